The van der Waals surface area contributed by atoms with Crippen LogP contribution in [0.1, 0.15) is 15.9 Å². The molecular weight excluding hydrogens is 396 g/mol. The summed E-state index contributed by atoms with van der Waals surface area (Å²) in [5.74, 6) is -0.522. The fraction of sp³-hybridized carbons (Fsp3) is 0.0952. The molecule has 0 fully saturated rings. The molecule has 5 nitrogen and oxygen atoms in total. The number of benzene rings is 3. The van der Waals surface area contributed by atoms with Gasteiger partial charge in [-0.25, -0.2) is 8.42 Å². The molecule has 0 saturated carbocycles. The number of sulfonamides is 1. The van der Waals surface area contributed by atoms with Gasteiger partial charge in [-0.1, -0.05) is 48.0 Å². The first kappa shape index (κ1) is 19.9. The molecular formula is C21H19ClN2O3S. The van der Waals surface area contributed by atoms with Crippen LogP contribution in [-0.2, 0) is 10.0 Å². The third-order valence-electron chi connectivity index (χ3n) is 4.34. The Balaban J connectivity index is 1.99. The third kappa shape index (κ3) is 4.03. The first-order chi connectivity index (χ1) is 13.3. The van der Waals surface area contributed by atoms with Crippen molar-refractivity contribution in [2.75, 3.05) is 16.7 Å². The molecule has 0 atom stereocenters. The molecule has 144 valence electrons. The quantitative estimate of drug-likeness (QED) is 0.656. The van der Waals surface area contributed by atoms with Crippen LogP contribution in [0, 0.1) is 6.92 Å². The molecule has 0 aromatic heterocycles. The van der Waals surface area contributed by atoms with Crippen LogP contribution in [0.15, 0.2) is 77.7 Å². The number of halogens is 1. The number of carbonyl (C=O) groups excluding carboxylic acids is 1. The summed E-state index contributed by atoms with van der Waals surface area (Å²) in [4.78, 5) is 12.8. The molecule has 7 heteroatoms. The highest BCUT2D eigenvalue weighted by Crippen LogP contribution is 2.26. The lowest BCUT2D eigenvalue weighted by atomic mass is 10.1. The van der Waals surface area contributed by atoms with Gasteiger partial charge in [-0.3, -0.25) is 9.10 Å². The molecule has 0 radical (unpaired) electrons. The van der Waals surface area contributed by atoms with Crippen LogP contribution in [0.2, 0.25) is 5.02 Å². The predicted molar refractivity (Wildman–Crippen MR) is 113 cm³/mol. The fourth-order valence-corrected chi connectivity index (χ4v) is 4.28. The maximum atomic E-state index is 13.2. The Morgan fingerprint density at radius 3 is 2.32 bits per heavy atom. The van der Waals surface area contributed by atoms with Crippen molar-refractivity contribution in [2.45, 2.75) is 11.8 Å². The average Bonchev–Trinajstić information content (AvgIpc) is 2.70. The molecule has 0 bridgehead atoms. The van der Waals surface area contributed by atoms with Gasteiger partial charge in [0.1, 0.15) is 4.90 Å². The van der Waals surface area contributed by atoms with Gasteiger partial charge in [0.15, 0.2) is 0 Å². The number of anilines is 2. The number of para-hydroxylation sites is 1. The SMILES string of the molecule is Cc1ccc(Cl)cc1NC(=O)c1ccccc1S(=O)(=O)N(C)c1ccccc1. The molecule has 0 heterocycles. The van der Waals surface area contributed by atoms with Crippen LogP contribution < -0.4 is 9.62 Å². The van der Waals surface area contributed by atoms with E-state index in [4.69, 9.17) is 11.6 Å². The minimum Gasteiger partial charge on any atom is -0.322 e. The van der Waals surface area contributed by atoms with Gasteiger partial charge in [-0.05, 0) is 48.9 Å². The van der Waals surface area contributed by atoms with Crippen molar-refractivity contribution in [3.05, 3.63) is 88.9 Å². The summed E-state index contributed by atoms with van der Waals surface area (Å²) in [7, 11) is -2.47. The molecule has 0 aliphatic rings. The van der Waals surface area contributed by atoms with Gasteiger partial charge in [0.25, 0.3) is 15.9 Å². The normalized spacial score (nSPS) is 11.1. The van der Waals surface area contributed by atoms with E-state index in [1.54, 1.807) is 60.7 Å². The highest BCUT2D eigenvalue weighted by molar-refractivity contribution is 7.92. The van der Waals surface area contributed by atoms with E-state index in [1.165, 1.54) is 19.2 Å². The molecule has 0 spiro atoms. The van der Waals surface area contributed by atoms with Crippen LogP contribution in [0.3, 0.4) is 0 Å². The monoisotopic (exact) mass is 414 g/mol. The number of aryl methyl sites for hydroxylation is 1. The zero-order valence-electron chi connectivity index (χ0n) is 15.4. The molecule has 0 saturated heterocycles. The highest BCUT2D eigenvalue weighted by atomic mass is 35.5. The summed E-state index contributed by atoms with van der Waals surface area (Å²) in [6, 6.07) is 19.9. The first-order valence-corrected chi connectivity index (χ1v) is 10.3. The molecule has 0 unspecified atom stereocenters. The van der Waals surface area contributed by atoms with E-state index in [9.17, 15) is 13.2 Å². The van der Waals surface area contributed by atoms with E-state index in [1.807, 2.05) is 6.92 Å². The van der Waals surface area contributed by atoms with E-state index >= 15 is 0 Å². The Bertz CT molecular complexity index is 1120. The van der Waals surface area contributed by atoms with E-state index in [0.29, 0.717) is 16.4 Å². The second-order valence-corrected chi connectivity index (χ2v) is 8.59. The van der Waals surface area contributed by atoms with Gasteiger partial charge in [-0.2, -0.15) is 0 Å². The van der Waals surface area contributed by atoms with Crippen LogP contribution >= 0.6 is 11.6 Å². The topological polar surface area (TPSA) is 66.5 Å². The van der Waals surface area contributed by atoms with E-state index < -0.39 is 15.9 Å². The Labute approximate surface area is 169 Å². The number of rotatable bonds is 5. The van der Waals surface area contributed by atoms with Crippen molar-refractivity contribution in [1.29, 1.82) is 0 Å². The third-order valence-corrected chi connectivity index (χ3v) is 6.42. The molecule has 3 aromatic rings. The number of amides is 1. The Morgan fingerprint density at radius 2 is 1.61 bits per heavy atom. The van der Waals surface area contributed by atoms with Gasteiger partial charge >= 0.3 is 0 Å². The first-order valence-electron chi connectivity index (χ1n) is 8.51. The van der Waals surface area contributed by atoms with Gasteiger partial charge < -0.3 is 5.32 Å². The minimum absolute atomic E-state index is 0.0599. The lowest BCUT2D eigenvalue weighted by Crippen LogP contribution is -2.29. The summed E-state index contributed by atoms with van der Waals surface area (Å²) in [5.41, 5.74) is 1.91. The summed E-state index contributed by atoms with van der Waals surface area (Å²) < 4.78 is 27.5. The summed E-state index contributed by atoms with van der Waals surface area (Å²) in [5, 5.41) is 3.23. The largest absolute Gasteiger partial charge is 0.322 e. The summed E-state index contributed by atoms with van der Waals surface area (Å²) in [6.07, 6.45) is 0. The van der Waals surface area contributed by atoms with Crippen molar-refractivity contribution < 1.29 is 13.2 Å². The molecule has 1 amide bonds. The zero-order valence-corrected chi connectivity index (χ0v) is 17.0. The zero-order chi connectivity index (χ0) is 20.3. The highest BCUT2D eigenvalue weighted by Gasteiger charge is 2.27. The maximum Gasteiger partial charge on any atom is 0.264 e. The van der Waals surface area contributed by atoms with Gasteiger partial charge in [0.2, 0.25) is 0 Å². The van der Waals surface area contributed by atoms with Crippen LogP contribution in [0.5, 0.6) is 0 Å². The number of nitrogens with one attached hydrogen (secondary N) is 1. The summed E-state index contributed by atoms with van der Waals surface area (Å²) in [6.45, 7) is 1.83. The van der Waals surface area contributed by atoms with Crippen molar-refractivity contribution in [3.63, 3.8) is 0 Å². The minimum atomic E-state index is -3.93. The average molecular weight is 415 g/mol. The lowest BCUT2D eigenvalue weighted by Gasteiger charge is -2.21. The molecule has 0 aliphatic carbocycles. The lowest BCUT2D eigenvalue weighted by molar-refractivity contribution is 0.102. The van der Waals surface area contributed by atoms with E-state index in [2.05, 4.69) is 5.32 Å². The van der Waals surface area contributed by atoms with Crippen LogP contribution in [-0.4, -0.2) is 21.4 Å². The number of carbonyl (C=O) groups is 1. The number of hydrogen-bond donors (Lipinski definition) is 1. The standard InChI is InChI=1S/C21H19ClN2O3S/c1-15-12-13-16(22)14-19(15)23-21(25)18-10-6-7-11-20(18)28(26,27)24(2)17-8-4-3-5-9-17/h3-14H,1-2H3,(H,23,25). The molecule has 0 aliphatic heterocycles. The van der Waals surface area contributed by atoms with Crippen LogP contribution in [0.4, 0.5) is 11.4 Å². The van der Waals surface area contributed by atoms with E-state index in [0.717, 1.165) is 9.87 Å². The maximum absolute atomic E-state index is 13.2. The Morgan fingerprint density at radius 1 is 0.964 bits per heavy atom. The predicted octanol–water partition coefficient (Wildman–Crippen LogP) is 4.73. The number of hydrogen-bond acceptors (Lipinski definition) is 3. The molecule has 3 aromatic carbocycles. The van der Waals surface area contributed by atoms with Crippen molar-refractivity contribution >= 4 is 38.9 Å². The van der Waals surface area contributed by atoms with Gasteiger partial charge in [0.05, 0.1) is 11.3 Å². The Hall–Kier alpha value is -2.83. The smallest absolute Gasteiger partial charge is 0.264 e. The van der Waals surface area contributed by atoms with Crippen molar-refractivity contribution in [1.82, 2.24) is 0 Å². The second kappa shape index (κ2) is 8.04. The molecule has 1 N–H and O–H groups in total. The van der Waals surface area contributed by atoms with Crippen molar-refractivity contribution in [3.8, 4) is 0 Å². The van der Waals surface area contributed by atoms with Gasteiger partial charge in [0, 0.05) is 17.8 Å². The fourth-order valence-electron chi connectivity index (χ4n) is 2.72. The second-order valence-electron chi connectivity index (χ2n) is 6.22. The summed E-state index contributed by atoms with van der Waals surface area (Å²) >= 11 is 6.01. The molecule has 28 heavy (non-hydrogen) atoms. The van der Waals surface area contributed by atoms with E-state index in [-0.39, 0.29) is 10.5 Å². The van der Waals surface area contributed by atoms with Crippen molar-refractivity contribution in [2.24, 2.45) is 0 Å². The Kier molecular flexibility index (Phi) is 5.72. The van der Waals surface area contributed by atoms with Gasteiger partial charge in [-0.15, -0.1) is 0 Å². The molecule has 3 rings (SSSR count). The van der Waals surface area contributed by atoms with Crippen LogP contribution in [0.25, 0.3) is 0 Å². The number of nitrogens with zero attached hydrogens (tertiary/aromatic N) is 1.